The Morgan fingerprint density at radius 3 is 2.65 bits per heavy atom. The number of amides is 2. The second-order valence-corrected chi connectivity index (χ2v) is 10.5. The molecule has 1 aliphatic rings. The summed E-state index contributed by atoms with van der Waals surface area (Å²) in [6, 6.07) is 13.5. The van der Waals surface area contributed by atoms with Gasteiger partial charge in [0.15, 0.2) is 5.82 Å². The van der Waals surface area contributed by atoms with E-state index < -0.39 is 5.60 Å². The Hall–Kier alpha value is -3.92. The highest BCUT2D eigenvalue weighted by atomic mass is 16.6. The molecule has 0 bridgehead atoms. The van der Waals surface area contributed by atoms with Gasteiger partial charge in [-0.15, -0.1) is 0 Å². The molecule has 0 unspecified atom stereocenters. The van der Waals surface area contributed by atoms with Crippen LogP contribution < -0.4 is 10.6 Å². The van der Waals surface area contributed by atoms with Crippen LogP contribution in [0.2, 0.25) is 0 Å². The van der Waals surface area contributed by atoms with E-state index in [1.165, 1.54) is 0 Å². The molecule has 1 saturated heterocycles. The number of aromatic nitrogens is 4. The number of nitrogens with one attached hydrogen (secondary N) is 4. The SMILES string of the molecule is CC(C)(C)OC(=O)NC1CCN(CCNC(=O)c2ccc3[nH]nc(-c4nc5ccccc5[nH]4)c3c2)CC1. The van der Waals surface area contributed by atoms with Gasteiger partial charge in [-0.2, -0.15) is 5.10 Å². The van der Waals surface area contributed by atoms with Crippen LogP contribution in [0.15, 0.2) is 42.5 Å². The van der Waals surface area contributed by atoms with Crippen LogP contribution in [0.3, 0.4) is 0 Å². The highest BCUT2D eigenvalue weighted by Gasteiger charge is 2.23. The fourth-order valence-electron chi connectivity index (χ4n) is 4.61. The lowest BCUT2D eigenvalue weighted by Gasteiger charge is -2.32. The molecule has 10 nitrogen and oxygen atoms in total. The maximum atomic E-state index is 12.9. The Bertz CT molecular complexity index is 1380. The smallest absolute Gasteiger partial charge is 0.407 e. The van der Waals surface area contributed by atoms with E-state index in [1.54, 1.807) is 6.07 Å². The molecule has 5 rings (SSSR count). The molecule has 1 fully saturated rings. The first-order chi connectivity index (χ1) is 17.7. The summed E-state index contributed by atoms with van der Waals surface area (Å²) in [7, 11) is 0. The minimum absolute atomic E-state index is 0.114. The van der Waals surface area contributed by atoms with Crippen molar-refractivity contribution in [2.24, 2.45) is 0 Å². The van der Waals surface area contributed by atoms with Crippen molar-refractivity contribution in [3.63, 3.8) is 0 Å². The summed E-state index contributed by atoms with van der Waals surface area (Å²) in [5.41, 5.74) is 3.41. The van der Waals surface area contributed by atoms with Gasteiger partial charge in [0.1, 0.15) is 11.3 Å². The number of benzene rings is 2. The largest absolute Gasteiger partial charge is 0.444 e. The summed E-state index contributed by atoms with van der Waals surface area (Å²) < 4.78 is 5.35. The number of ether oxygens (including phenoxy) is 1. The zero-order chi connectivity index (χ0) is 26.0. The van der Waals surface area contributed by atoms with Crippen molar-refractivity contribution in [2.75, 3.05) is 26.2 Å². The molecular formula is C27H33N7O3. The van der Waals surface area contributed by atoms with Crippen molar-refractivity contribution in [1.82, 2.24) is 35.7 Å². The number of carbonyl (C=O) groups is 2. The van der Waals surface area contributed by atoms with Gasteiger partial charge in [0, 0.05) is 43.2 Å². The van der Waals surface area contributed by atoms with Gasteiger partial charge in [-0.05, 0) is 63.9 Å². The molecule has 194 valence electrons. The number of para-hydroxylation sites is 2. The number of imidazole rings is 1. The van der Waals surface area contributed by atoms with Crippen LogP contribution in [0.1, 0.15) is 44.0 Å². The summed E-state index contributed by atoms with van der Waals surface area (Å²) in [6.45, 7) is 8.59. The number of aromatic amines is 2. The van der Waals surface area contributed by atoms with Crippen molar-refractivity contribution < 1.29 is 14.3 Å². The molecule has 2 amide bonds. The molecule has 0 saturated carbocycles. The number of nitrogens with zero attached hydrogens (tertiary/aromatic N) is 3. The van der Waals surface area contributed by atoms with Crippen LogP contribution in [0, 0.1) is 0 Å². The van der Waals surface area contributed by atoms with Crippen LogP contribution in [0.5, 0.6) is 0 Å². The average molecular weight is 504 g/mol. The van der Waals surface area contributed by atoms with Gasteiger partial charge in [-0.1, -0.05) is 12.1 Å². The zero-order valence-corrected chi connectivity index (χ0v) is 21.4. The maximum absolute atomic E-state index is 12.9. The maximum Gasteiger partial charge on any atom is 0.407 e. The summed E-state index contributed by atoms with van der Waals surface area (Å²) in [6.07, 6.45) is 1.35. The predicted octanol–water partition coefficient (Wildman–Crippen LogP) is 3.83. The number of H-pyrrole nitrogens is 2. The fourth-order valence-corrected chi connectivity index (χ4v) is 4.61. The van der Waals surface area contributed by atoms with Gasteiger partial charge >= 0.3 is 6.09 Å². The number of hydrogen-bond acceptors (Lipinski definition) is 6. The molecule has 3 heterocycles. The zero-order valence-electron chi connectivity index (χ0n) is 21.4. The van der Waals surface area contributed by atoms with Gasteiger partial charge in [0.2, 0.25) is 0 Å². The van der Waals surface area contributed by atoms with E-state index in [-0.39, 0.29) is 18.0 Å². The van der Waals surface area contributed by atoms with Crippen LogP contribution in [0.4, 0.5) is 4.79 Å². The monoisotopic (exact) mass is 503 g/mol. The lowest BCUT2D eigenvalue weighted by molar-refractivity contribution is 0.0478. The van der Waals surface area contributed by atoms with Gasteiger partial charge in [0.05, 0.1) is 16.6 Å². The topological polar surface area (TPSA) is 128 Å². The summed E-state index contributed by atoms with van der Waals surface area (Å²) in [5.74, 6) is 0.537. The summed E-state index contributed by atoms with van der Waals surface area (Å²) in [5, 5.41) is 14.3. The molecular weight excluding hydrogens is 470 g/mol. The Labute approximate surface area is 215 Å². The first-order valence-electron chi connectivity index (χ1n) is 12.7. The summed E-state index contributed by atoms with van der Waals surface area (Å²) >= 11 is 0. The first kappa shape index (κ1) is 24.8. The van der Waals surface area contributed by atoms with E-state index in [0.29, 0.717) is 23.6 Å². The Kier molecular flexibility index (Phi) is 6.84. The minimum atomic E-state index is -0.500. The number of carbonyl (C=O) groups excluding carboxylic acids is 2. The lowest BCUT2D eigenvalue weighted by Crippen LogP contribution is -2.47. The van der Waals surface area contributed by atoms with Crippen LogP contribution in [-0.2, 0) is 4.74 Å². The molecule has 4 aromatic rings. The quantitative estimate of drug-likeness (QED) is 0.317. The molecule has 0 atom stereocenters. The third kappa shape index (κ3) is 5.91. The molecule has 10 heteroatoms. The van der Waals surface area contributed by atoms with Crippen molar-refractivity contribution in [1.29, 1.82) is 0 Å². The van der Waals surface area contributed by atoms with Gasteiger partial charge in [0.25, 0.3) is 5.91 Å². The van der Waals surface area contributed by atoms with E-state index in [0.717, 1.165) is 54.4 Å². The second-order valence-electron chi connectivity index (χ2n) is 10.5. The molecule has 0 radical (unpaired) electrons. The average Bonchev–Trinajstić information content (AvgIpc) is 3.47. The number of piperidine rings is 1. The second kappa shape index (κ2) is 10.2. The molecule has 0 spiro atoms. The van der Waals surface area contributed by atoms with Crippen molar-refractivity contribution >= 4 is 33.9 Å². The molecule has 37 heavy (non-hydrogen) atoms. The molecule has 4 N–H and O–H groups in total. The van der Waals surface area contributed by atoms with E-state index in [1.807, 2.05) is 57.2 Å². The van der Waals surface area contributed by atoms with E-state index >= 15 is 0 Å². The molecule has 2 aromatic heterocycles. The minimum Gasteiger partial charge on any atom is -0.444 e. The Morgan fingerprint density at radius 1 is 1.11 bits per heavy atom. The van der Waals surface area contributed by atoms with Gasteiger partial charge < -0.3 is 25.3 Å². The van der Waals surface area contributed by atoms with E-state index in [2.05, 4.69) is 35.7 Å². The highest BCUT2D eigenvalue weighted by molar-refractivity contribution is 6.01. The number of hydrogen-bond donors (Lipinski definition) is 4. The van der Waals surface area contributed by atoms with Crippen LogP contribution in [-0.4, -0.2) is 74.9 Å². The van der Waals surface area contributed by atoms with Crippen molar-refractivity contribution in [2.45, 2.75) is 45.3 Å². The number of fused-ring (bicyclic) bond motifs is 2. The Balaban J connectivity index is 1.14. The van der Waals surface area contributed by atoms with E-state index in [4.69, 9.17) is 4.74 Å². The van der Waals surface area contributed by atoms with Crippen molar-refractivity contribution in [3.05, 3.63) is 48.0 Å². The predicted molar refractivity (Wildman–Crippen MR) is 142 cm³/mol. The standard InChI is InChI=1S/C27H33N7O3/c1-27(2,3)37-26(36)29-18-10-13-34(14-11-18)15-12-28-25(35)17-8-9-20-19(16-17)23(33-32-20)24-30-21-6-4-5-7-22(21)31-24/h4-9,16,18H,10-15H2,1-3H3,(H,28,35)(H,29,36)(H,30,31)(H,32,33). The summed E-state index contributed by atoms with van der Waals surface area (Å²) in [4.78, 5) is 35.1. The number of rotatable bonds is 6. The number of alkyl carbamates (subject to hydrolysis) is 1. The Morgan fingerprint density at radius 2 is 1.89 bits per heavy atom. The first-order valence-corrected chi connectivity index (χ1v) is 12.7. The molecule has 2 aromatic carbocycles. The van der Waals surface area contributed by atoms with E-state index in [9.17, 15) is 9.59 Å². The highest BCUT2D eigenvalue weighted by Crippen LogP contribution is 2.27. The normalized spacial score (nSPS) is 15.2. The third-order valence-electron chi connectivity index (χ3n) is 6.46. The fraction of sp³-hybridized carbons (Fsp3) is 0.407. The van der Waals surface area contributed by atoms with Gasteiger partial charge in [-0.25, -0.2) is 9.78 Å². The molecule has 1 aliphatic heterocycles. The lowest BCUT2D eigenvalue weighted by atomic mass is 10.1. The van der Waals surface area contributed by atoms with Crippen molar-refractivity contribution in [3.8, 4) is 11.5 Å². The van der Waals surface area contributed by atoms with Crippen LogP contribution >= 0.6 is 0 Å². The van der Waals surface area contributed by atoms with Gasteiger partial charge in [-0.3, -0.25) is 9.89 Å². The number of likely N-dealkylation sites (tertiary alicyclic amines) is 1. The van der Waals surface area contributed by atoms with Crippen LogP contribution in [0.25, 0.3) is 33.5 Å². The third-order valence-corrected chi connectivity index (χ3v) is 6.46. The molecule has 0 aliphatic carbocycles.